The Morgan fingerprint density at radius 2 is 2.67 bits per heavy atom. The Morgan fingerprint density at radius 3 is 2.83 bits per heavy atom. The molecule has 3 heteroatoms. The van der Waals surface area contributed by atoms with Crippen LogP contribution in [0.3, 0.4) is 0 Å². The molecule has 0 fully saturated rings. The van der Waals surface area contributed by atoms with E-state index in [0.29, 0.717) is 0 Å². The summed E-state index contributed by atoms with van der Waals surface area (Å²) >= 11 is 0. The van der Waals surface area contributed by atoms with Crippen molar-refractivity contribution in [1.82, 2.24) is 0 Å². The van der Waals surface area contributed by atoms with E-state index in [9.17, 15) is 4.79 Å². The van der Waals surface area contributed by atoms with Crippen LogP contribution in [-0.4, -0.2) is 12.3 Å². The Morgan fingerprint density at radius 1 is 1.83 bits per heavy atom. The molecule has 0 aromatic heterocycles. The number of rotatable bonds is 0. The van der Waals surface area contributed by atoms with Gasteiger partial charge in [0.05, 0.1) is 0 Å². The van der Waals surface area contributed by atoms with Gasteiger partial charge in [0.2, 0.25) is 0 Å². The molecule has 1 heterocycles. The van der Waals surface area contributed by atoms with Gasteiger partial charge in [-0.15, -0.1) is 0 Å². The fourth-order valence-corrected chi connectivity index (χ4v) is 0.154. The zero-order valence-corrected chi connectivity index (χ0v) is 2.76. The molecule has 0 bridgehead atoms. The topological polar surface area (TPSA) is 38.7 Å². The van der Waals surface area contributed by atoms with E-state index in [1.807, 2.05) is 13.0 Å². The van der Waals surface area contributed by atoms with Crippen molar-refractivity contribution < 1.29 is 9.53 Å². The molecule has 6 heavy (non-hydrogen) atoms. The highest BCUT2D eigenvalue weighted by molar-refractivity contribution is 5.93. The zero-order valence-electron chi connectivity index (χ0n) is 2.76. The summed E-state index contributed by atoms with van der Waals surface area (Å²) < 4.78 is 4.04. The Bertz CT molecular complexity index is 97.0. The molecule has 0 aliphatic carbocycles. The molecule has 29 valence electrons. The van der Waals surface area contributed by atoms with Crippen molar-refractivity contribution in [2.45, 2.75) is 0 Å². The molecule has 1 amide bonds. The van der Waals surface area contributed by atoms with Crippen molar-refractivity contribution in [2.75, 3.05) is 0 Å². The summed E-state index contributed by atoms with van der Waals surface area (Å²) in [4.78, 5) is 12.8. The van der Waals surface area contributed by atoms with Gasteiger partial charge in [-0.1, -0.05) is 0 Å². The first-order valence-corrected chi connectivity index (χ1v) is 1.31. The molecule has 0 saturated heterocycles. The minimum Gasteiger partial charge on any atom is -0.446 e. The Hall–Kier alpha value is -0.860. The molecule has 0 atom stereocenters. The van der Waals surface area contributed by atoms with Gasteiger partial charge in [-0.3, -0.25) is 4.79 Å². The Kier molecular flexibility index (Phi) is 0.602. The summed E-state index contributed by atoms with van der Waals surface area (Å²) in [5.41, 5.74) is 0. The average Bonchev–Trinajstić information content (AvgIpc) is 1.86. The maximum Gasteiger partial charge on any atom is 0.303 e. The number of hydrogen-bond acceptors (Lipinski definition) is 2. The maximum absolute atomic E-state index is 9.78. The lowest BCUT2D eigenvalue weighted by Crippen LogP contribution is -1.83. The molecule has 1 aliphatic heterocycles. The normalized spacial score (nSPS) is 18.3. The number of ether oxygens (including phenoxy) is 1. The van der Waals surface area contributed by atoms with E-state index in [-0.39, 0.29) is 0 Å². The van der Waals surface area contributed by atoms with E-state index in [2.05, 4.69) is 9.73 Å². The average molecular weight is 82.0 g/mol. The smallest absolute Gasteiger partial charge is 0.303 e. The molecule has 0 unspecified atom stereocenters. The van der Waals surface area contributed by atoms with Crippen LogP contribution in [0.25, 0.3) is 0 Å². The molecule has 0 spiro atoms. The van der Waals surface area contributed by atoms with E-state index in [1.54, 1.807) is 0 Å². The summed E-state index contributed by atoms with van der Waals surface area (Å²) in [6.07, 6.45) is 1.94. The molecular formula is C3NO2. The van der Waals surface area contributed by atoms with Crippen LogP contribution >= 0.6 is 0 Å². The van der Waals surface area contributed by atoms with Gasteiger partial charge >= 0.3 is 5.91 Å². The molecule has 0 N–H and O–H groups in total. The first-order chi connectivity index (χ1) is 2.89. The van der Waals surface area contributed by atoms with Crippen molar-refractivity contribution in [1.29, 1.82) is 0 Å². The van der Waals surface area contributed by atoms with Gasteiger partial charge in [0.1, 0.15) is 0 Å². The van der Waals surface area contributed by atoms with E-state index in [4.69, 9.17) is 0 Å². The van der Waals surface area contributed by atoms with Crippen LogP contribution < -0.4 is 0 Å². The summed E-state index contributed by atoms with van der Waals surface area (Å²) in [6.45, 7) is 1.90. The summed E-state index contributed by atoms with van der Waals surface area (Å²) in [7, 11) is 0. The third kappa shape index (κ3) is 0.381. The minimum atomic E-state index is -0.505. The molecule has 0 aromatic rings. The zero-order chi connectivity index (χ0) is 4.41. The van der Waals surface area contributed by atoms with Crippen LogP contribution in [0.4, 0.5) is 0 Å². The van der Waals surface area contributed by atoms with Gasteiger partial charge in [0.15, 0.2) is 0 Å². The van der Waals surface area contributed by atoms with Gasteiger partial charge < -0.3 is 4.74 Å². The van der Waals surface area contributed by atoms with Crippen LogP contribution in [0.15, 0.2) is 4.99 Å². The summed E-state index contributed by atoms with van der Waals surface area (Å²) in [6, 6.07) is 0. The van der Waals surface area contributed by atoms with E-state index < -0.39 is 5.91 Å². The molecule has 3 radical (unpaired) electrons. The molecular weight excluding hydrogens is 82.0 g/mol. The molecule has 0 saturated carbocycles. The number of carbonyl (C=O) groups is 1. The van der Waals surface area contributed by atoms with Gasteiger partial charge in [-0.2, -0.15) is 4.99 Å². The number of amides is 1. The van der Waals surface area contributed by atoms with Crippen LogP contribution in [0.2, 0.25) is 0 Å². The van der Waals surface area contributed by atoms with Gasteiger partial charge in [0.25, 0.3) is 13.0 Å². The van der Waals surface area contributed by atoms with Crippen molar-refractivity contribution in [3.8, 4) is 0 Å². The predicted molar refractivity (Wildman–Crippen MR) is 16.8 cm³/mol. The van der Waals surface area contributed by atoms with Crippen molar-refractivity contribution in [2.24, 2.45) is 4.99 Å². The maximum atomic E-state index is 9.78. The second-order valence-electron chi connectivity index (χ2n) is 0.712. The number of aliphatic imine (C=N–C) groups is 1. The highest BCUT2D eigenvalue weighted by atomic mass is 16.5. The van der Waals surface area contributed by atoms with Crippen LogP contribution in [-0.2, 0) is 9.53 Å². The van der Waals surface area contributed by atoms with Crippen molar-refractivity contribution in [3.05, 3.63) is 6.61 Å². The highest BCUT2D eigenvalue weighted by Crippen LogP contribution is 1.89. The second kappa shape index (κ2) is 1.08. The molecule has 0 aromatic carbocycles. The number of hydrogen-bond donors (Lipinski definition) is 0. The number of nitrogens with zero attached hydrogens (tertiary/aromatic N) is 1. The van der Waals surface area contributed by atoms with E-state index in [0.717, 1.165) is 0 Å². The SMILES string of the molecule is O=C1[C]O[C]=N1. The highest BCUT2D eigenvalue weighted by Gasteiger charge is 2.06. The quantitative estimate of drug-likeness (QED) is 0.394. The second-order valence-corrected chi connectivity index (χ2v) is 0.712. The van der Waals surface area contributed by atoms with Gasteiger partial charge in [-0.25, -0.2) is 0 Å². The van der Waals surface area contributed by atoms with Crippen molar-refractivity contribution in [3.63, 3.8) is 0 Å². The van der Waals surface area contributed by atoms with E-state index in [1.165, 1.54) is 0 Å². The van der Waals surface area contributed by atoms with E-state index >= 15 is 0 Å². The molecule has 1 rings (SSSR count). The lowest BCUT2D eigenvalue weighted by Gasteiger charge is -1.69. The molecule has 3 nitrogen and oxygen atoms in total. The standard InChI is InChI=1S/C3NO2/c5-3-1-6-2-4-3. The third-order valence-corrected chi connectivity index (χ3v) is 0.331. The first-order valence-electron chi connectivity index (χ1n) is 1.31. The van der Waals surface area contributed by atoms with Crippen LogP contribution in [0, 0.1) is 6.61 Å². The predicted octanol–water partition coefficient (Wildman–Crippen LogP) is -0.513. The lowest BCUT2D eigenvalue weighted by atomic mass is 10.7. The fraction of sp³-hybridized carbons (Fsp3) is 0. The lowest BCUT2D eigenvalue weighted by molar-refractivity contribution is -0.115. The Labute approximate surface area is 34.6 Å². The minimum absolute atomic E-state index is 0.505. The van der Waals surface area contributed by atoms with Crippen LogP contribution in [0.1, 0.15) is 0 Å². The fourth-order valence-electron chi connectivity index (χ4n) is 0.154. The largest absolute Gasteiger partial charge is 0.446 e. The van der Waals surface area contributed by atoms with Gasteiger partial charge in [0, 0.05) is 0 Å². The summed E-state index contributed by atoms with van der Waals surface area (Å²) in [5, 5.41) is 0. The van der Waals surface area contributed by atoms with Crippen molar-refractivity contribution >= 4 is 12.3 Å². The summed E-state index contributed by atoms with van der Waals surface area (Å²) in [5.74, 6) is -0.505. The third-order valence-electron chi connectivity index (χ3n) is 0.331. The Balaban J connectivity index is 2.59. The monoisotopic (exact) mass is 82.0 g/mol. The first kappa shape index (κ1) is 3.33. The number of carbonyl (C=O) groups excluding carboxylic acids is 1. The van der Waals surface area contributed by atoms with Gasteiger partial charge in [-0.05, 0) is 0 Å². The molecule has 1 aliphatic rings. The van der Waals surface area contributed by atoms with Crippen LogP contribution in [0.5, 0.6) is 0 Å².